The zero-order chi connectivity index (χ0) is 10.9. The molecule has 0 aliphatic rings. The molecule has 0 aromatic heterocycles. The van der Waals surface area contributed by atoms with Gasteiger partial charge in [-0.25, -0.2) is 0 Å². The smallest absolute Gasteiger partial charge is 0.193 e. The van der Waals surface area contributed by atoms with Gasteiger partial charge in [0.25, 0.3) is 0 Å². The van der Waals surface area contributed by atoms with Crippen LogP contribution < -0.4 is 0 Å². The molecule has 0 fully saturated rings. The molecule has 2 nitrogen and oxygen atoms in total. The molecule has 0 unspecified atom stereocenters. The van der Waals surface area contributed by atoms with E-state index in [2.05, 4.69) is 33.9 Å². The second-order valence-electron chi connectivity index (χ2n) is 5.13. The quantitative estimate of drug-likeness (QED) is 0.658. The van der Waals surface area contributed by atoms with Gasteiger partial charge in [0.15, 0.2) is 14.1 Å². The second-order valence-corrected chi connectivity index (χ2v) is 9.89. The van der Waals surface area contributed by atoms with Crippen LogP contribution in [0.5, 0.6) is 0 Å². The van der Waals surface area contributed by atoms with Gasteiger partial charge in [-0.1, -0.05) is 20.8 Å². The highest BCUT2D eigenvalue weighted by Gasteiger charge is 2.38. The molecule has 0 aromatic carbocycles. The molecule has 0 saturated carbocycles. The first kappa shape index (κ1) is 12.8. The first-order valence-corrected chi connectivity index (χ1v) is 7.67. The van der Waals surface area contributed by atoms with Crippen molar-refractivity contribution >= 4 is 14.1 Å². The predicted molar refractivity (Wildman–Crippen MR) is 58.4 cm³/mol. The van der Waals surface area contributed by atoms with Gasteiger partial charge < -0.3 is 4.43 Å². The highest BCUT2D eigenvalue weighted by atomic mass is 28.4. The van der Waals surface area contributed by atoms with Crippen LogP contribution in [0, 0.1) is 0 Å². The first-order chi connectivity index (χ1) is 5.58. The lowest BCUT2D eigenvalue weighted by Crippen LogP contribution is -2.44. The monoisotopic (exact) mass is 202 g/mol. The lowest BCUT2D eigenvalue weighted by molar-refractivity contribution is -0.123. The van der Waals surface area contributed by atoms with Gasteiger partial charge in [-0.3, -0.25) is 4.79 Å². The summed E-state index contributed by atoms with van der Waals surface area (Å²) in [6.45, 7) is 14.3. The number of ketones is 1. The third-order valence-electron chi connectivity index (χ3n) is 2.85. The van der Waals surface area contributed by atoms with Crippen LogP contribution in [0.4, 0.5) is 0 Å². The van der Waals surface area contributed by atoms with E-state index in [1.54, 1.807) is 6.92 Å². The van der Waals surface area contributed by atoms with Crippen molar-refractivity contribution in [3.63, 3.8) is 0 Å². The standard InChI is InChI=1S/C10H22O2Si/c1-8(11)9(2)12-13(6,7)10(3,4)5/h9H,1-7H3/t9-/m1/s1. The number of carbonyl (C=O) groups excluding carboxylic acids is 1. The Morgan fingerprint density at radius 3 is 1.92 bits per heavy atom. The van der Waals surface area contributed by atoms with E-state index in [0.717, 1.165) is 0 Å². The van der Waals surface area contributed by atoms with E-state index in [-0.39, 0.29) is 16.9 Å². The topological polar surface area (TPSA) is 26.3 Å². The Balaban J connectivity index is 4.43. The van der Waals surface area contributed by atoms with Crippen LogP contribution in [-0.2, 0) is 9.22 Å². The minimum Gasteiger partial charge on any atom is -0.407 e. The molecule has 0 radical (unpaired) electrons. The number of carbonyl (C=O) groups is 1. The number of hydrogen-bond acceptors (Lipinski definition) is 2. The molecule has 0 aromatic rings. The molecule has 1 atom stereocenters. The average molecular weight is 202 g/mol. The van der Waals surface area contributed by atoms with Crippen molar-refractivity contribution in [1.29, 1.82) is 0 Å². The van der Waals surface area contributed by atoms with Crippen molar-refractivity contribution in [2.45, 2.75) is 58.9 Å². The summed E-state index contributed by atoms with van der Waals surface area (Å²) in [7, 11) is -1.75. The number of rotatable bonds is 3. The maximum atomic E-state index is 11.0. The summed E-state index contributed by atoms with van der Waals surface area (Å²) in [4.78, 5) is 11.0. The van der Waals surface area contributed by atoms with Crippen LogP contribution in [0.2, 0.25) is 18.1 Å². The summed E-state index contributed by atoms with van der Waals surface area (Å²) < 4.78 is 5.85. The lowest BCUT2D eigenvalue weighted by atomic mass is 10.2. The fourth-order valence-electron chi connectivity index (χ4n) is 0.702. The maximum Gasteiger partial charge on any atom is 0.193 e. The van der Waals surface area contributed by atoms with E-state index in [9.17, 15) is 4.79 Å². The molecule has 0 N–H and O–H groups in total. The number of Topliss-reactive ketones (excluding diaryl/α,β-unsaturated/α-hetero) is 1. The highest BCUT2D eigenvalue weighted by molar-refractivity contribution is 6.74. The van der Waals surface area contributed by atoms with Crippen molar-refractivity contribution in [1.82, 2.24) is 0 Å². The number of hydrogen-bond donors (Lipinski definition) is 0. The van der Waals surface area contributed by atoms with Crippen molar-refractivity contribution in [2.75, 3.05) is 0 Å². The van der Waals surface area contributed by atoms with Crippen LogP contribution in [0.3, 0.4) is 0 Å². The first-order valence-electron chi connectivity index (χ1n) is 4.76. The Hall–Kier alpha value is -0.153. The Kier molecular flexibility index (Phi) is 3.88. The Morgan fingerprint density at radius 1 is 1.31 bits per heavy atom. The summed E-state index contributed by atoms with van der Waals surface area (Å²) in [6.07, 6.45) is -0.249. The molecular weight excluding hydrogens is 180 g/mol. The van der Waals surface area contributed by atoms with Crippen LogP contribution in [0.25, 0.3) is 0 Å². The van der Waals surface area contributed by atoms with Gasteiger partial charge in [0.2, 0.25) is 0 Å². The second kappa shape index (κ2) is 3.92. The Morgan fingerprint density at radius 2 is 1.69 bits per heavy atom. The van der Waals surface area contributed by atoms with Gasteiger partial charge in [0.1, 0.15) is 6.10 Å². The largest absolute Gasteiger partial charge is 0.407 e. The van der Waals surface area contributed by atoms with Crippen molar-refractivity contribution in [3.8, 4) is 0 Å². The van der Waals surface area contributed by atoms with E-state index in [1.165, 1.54) is 0 Å². The molecule has 0 aliphatic carbocycles. The fourth-order valence-corrected chi connectivity index (χ4v) is 2.11. The molecule has 0 rings (SSSR count). The molecular formula is C10H22O2Si. The molecule has 78 valence electrons. The molecule has 0 aliphatic heterocycles. The zero-order valence-electron chi connectivity index (χ0n) is 9.89. The molecule has 0 heterocycles. The minimum absolute atomic E-state index is 0.116. The van der Waals surface area contributed by atoms with Gasteiger partial charge in [-0.05, 0) is 32.0 Å². The SMILES string of the molecule is CC(=O)[C@@H](C)O[Si](C)(C)C(C)(C)C. The van der Waals surface area contributed by atoms with Gasteiger partial charge in [0, 0.05) is 0 Å². The van der Waals surface area contributed by atoms with Gasteiger partial charge in [-0.2, -0.15) is 0 Å². The molecule has 13 heavy (non-hydrogen) atoms. The summed E-state index contributed by atoms with van der Waals surface area (Å²) in [5, 5.41) is 0.177. The predicted octanol–water partition coefficient (Wildman–Crippen LogP) is 2.99. The van der Waals surface area contributed by atoms with E-state index in [0.29, 0.717) is 0 Å². The maximum absolute atomic E-state index is 11.0. The van der Waals surface area contributed by atoms with Crippen LogP contribution in [0.1, 0.15) is 34.6 Å². The van der Waals surface area contributed by atoms with Gasteiger partial charge in [-0.15, -0.1) is 0 Å². The lowest BCUT2D eigenvalue weighted by Gasteiger charge is -2.37. The third kappa shape index (κ3) is 3.61. The summed E-state index contributed by atoms with van der Waals surface area (Å²) in [6, 6.07) is 0. The van der Waals surface area contributed by atoms with Crippen molar-refractivity contribution < 1.29 is 9.22 Å². The van der Waals surface area contributed by atoms with E-state index in [4.69, 9.17) is 4.43 Å². The Bertz CT molecular complexity index is 192. The Labute approximate surface area is 82.8 Å². The van der Waals surface area contributed by atoms with E-state index >= 15 is 0 Å². The van der Waals surface area contributed by atoms with Gasteiger partial charge >= 0.3 is 0 Å². The fraction of sp³-hybridized carbons (Fsp3) is 0.900. The van der Waals surface area contributed by atoms with Crippen molar-refractivity contribution in [3.05, 3.63) is 0 Å². The molecule has 3 heteroatoms. The highest BCUT2D eigenvalue weighted by Crippen LogP contribution is 2.37. The molecule has 0 amide bonds. The zero-order valence-corrected chi connectivity index (χ0v) is 10.9. The minimum atomic E-state index is -1.75. The summed E-state index contributed by atoms with van der Waals surface area (Å²) in [5.74, 6) is 0.116. The van der Waals surface area contributed by atoms with Crippen LogP contribution >= 0.6 is 0 Å². The normalized spacial score (nSPS) is 15.6. The molecule has 0 bridgehead atoms. The van der Waals surface area contributed by atoms with Crippen molar-refractivity contribution in [2.24, 2.45) is 0 Å². The third-order valence-corrected chi connectivity index (χ3v) is 7.41. The molecule has 0 saturated heterocycles. The van der Waals surface area contributed by atoms with Crippen LogP contribution in [0.15, 0.2) is 0 Å². The summed E-state index contributed by atoms with van der Waals surface area (Å²) in [5.41, 5.74) is 0. The van der Waals surface area contributed by atoms with Gasteiger partial charge in [0.05, 0.1) is 0 Å². The van der Waals surface area contributed by atoms with E-state index < -0.39 is 8.32 Å². The van der Waals surface area contributed by atoms with E-state index in [1.807, 2.05) is 6.92 Å². The molecule has 0 spiro atoms. The summed E-state index contributed by atoms with van der Waals surface area (Å²) >= 11 is 0. The average Bonchev–Trinajstić information content (AvgIpc) is 1.83. The van der Waals surface area contributed by atoms with Crippen LogP contribution in [-0.4, -0.2) is 20.2 Å².